The van der Waals surface area contributed by atoms with Crippen molar-refractivity contribution in [3.05, 3.63) is 51.0 Å². The Morgan fingerprint density at radius 3 is 2.67 bits per heavy atom. The summed E-state index contributed by atoms with van der Waals surface area (Å²) in [6.07, 6.45) is 0.910. The lowest BCUT2D eigenvalue weighted by Crippen LogP contribution is -2.38. The number of rotatable bonds is 6. The number of hydrogen-bond acceptors (Lipinski definition) is 3. The van der Waals surface area contributed by atoms with Crippen molar-refractivity contribution in [2.24, 2.45) is 4.99 Å². The molecule has 0 amide bonds. The van der Waals surface area contributed by atoms with Crippen LogP contribution in [0.15, 0.2) is 28.6 Å². The summed E-state index contributed by atoms with van der Waals surface area (Å²) < 4.78 is 0. The summed E-state index contributed by atoms with van der Waals surface area (Å²) in [6.45, 7) is 10.2. The lowest BCUT2D eigenvalue weighted by atomic mass is 10.1. The number of nitrogens with zero attached hydrogens (tertiary/aromatic N) is 2. The standard InChI is InChI=1S/C19H28N4S/c1-13(2)18-23-17(12-24-18)8-9-21-19(20-5)22-11-16-7-6-14(3)10-15(16)4/h6-7,10,12-13H,8-9,11H2,1-5H3,(H2,20,21,22). The molecule has 5 heteroatoms. The number of benzene rings is 1. The van der Waals surface area contributed by atoms with Gasteiger partial charge in [0.1, 0.15) is 0 Å². The maximum Gasteiger partial charge on any atom is 0.191 e. The fourth-order valence-corrected chi connectivity index (χ4v) is 3.32. The van der Waals surface area contributed by atoms with E-state index in [1.54, 1.807) is 18.4 Å². The highest BCUT2D eigenvalue weighted by Crippen LogP contribution is 2.19. The van der Waals surface area contributed by atoms with E-state index in [4.69, 9.17) is 0 Å². The summed E-state index contributed by atoms with van der Waals surface area (Å²) in [5.74, 6) is 1.33. The van der Waals surface area contributed by atoms with Crippen LogP contribution in [0, 0.1) is 13.8 Å². The van der Waals surface area contributed by atoms with Gasteiger partial charge >= 0.3 is 0 Å². The molecule has 0 atom stereocenters. The van der Waals surface area contributed by atoms with Gasteiger partial charge in [0.25, 0.3) is 0 Å². The van der Waals surface area contributed by atoms with E-state index in [1.165, 1.54) is 21.7 Å². The Balaban J connectivity index is 1.79. The molecule has 0 aliphatic carbocycles. The van der Waals surface area contributed by atoms with Gasteiger partial charge in [-0.05, 0) is 25.0 Å². The largest absolute Gasteiger partial charge is 0.356 e. The predicted molar refractivity (Wildman–Crippen MR) is 104 cm³/mol. The molecule has 1 aromatic heterocycles. The zero-order valence-electron chi connectivity index (χ0n) is 15.3. The topological polar surface area (TPSA) is 49.3 Å². The highest BCUT2D eigenvalue weighted by atomic mass is 32.1. The number of guanidine groups is 1. The summed E-state index contributed by atoms with van der Waals surface area (Å²) in [5, 5.41) is 10.1. The Morgan fingerprint density at radius 2 is 2.04 bits per heavy atom. The molecule has 0 radical (unpaired) electrons. The van der Waals surface area contributed by atoms with Crippen molar-refractivity contribution < 1.29 is 0 Å². The van der Waals surface area contributed by atoms with Gasteiger partial charge in [0, 0.05) is 37.9 Å². The Morgan fingerprint density at radius 1 is 1.25 bits per heavy atom. The predicted octanol–water partition coefficient (Wildman–Crippen LogP) is 3.79. The number of aliphatic imine (C=N–C) groups is 1. The van der Waals surface area contributed by atoms with E-state index in [1.807, 2.05) is 0 Å². The molecule has 0 spiro atoms. The SMILES string of the molecule is CN=C(NCCc1csc(C(C)C)n1)NCc1ccc(C)cc1C. The molecule has 2 aromatic rings. The highest BCUT2D eigenvalue weighted by Gasteiger charge is 2.06. The van der Waals surface area contributed by atoms with Crippen molar-refractivity contribution in [3.8, 4) is 0 Å². The van der Waals surface area contributed by atoms with E-state index in [9.17, 15) is 0 Å². The van der Waals surface area contributed by atoms with Crippen LogP contribution in [0.4, 0.5) is 0 Å². The maximum atomic E-state index is 4.66. The Hall–Kier alpha value is -1.88. The van der Waals surface area contributed by atoms with Gasteiger partial charge in [-0.1, -0.05) is 37.6 Å². The van der Waals surface area contributed by atoms with Gasteiger partial charge in [-0.3, -0.25) is 4.99 Å². The second kappa shape index (κ2) is 8.83. The molecule has 0 aliphatic rings. The van der Waals surface area contributed by atoms with Crippen LogP contribution in [-0.2, 0) is 13.0 Å². The second-order valence-corrected chi connectivity index (χ2v) is 7.25. The Bertz CT molecular complexity index is 688. The molecule has 24 heavy (non-hydrogen) atoms. The molecule has 0 saturated carbocycles. The summed E-state index contributed by atoms with van der Waals surface area (Å²) in [5.41, 5.74) is 5.05. The number of thiazole rings is 1. The van der Waals surface area contributed by atoms with Crippen LogP contribution in [0.3, 0.4) is 0 Å². The van der Waals surface area contributed by atoms with Crippen molar-refractivity contribution in [3.63, 3.8) is 0 Å². The zero-order valence-corrected chi connectivity index (χ0v) is 16.1. The fourth-order valence-electron chi connectivity index (χ4n) is 2.46. The summed E-state index contributed by atoms with van der Waals surface area (Å²) in [7, 11) is 1.80. The van der Waals surface area contributed by atoms with Crippen molar-refractivity contribution in [1.82, 2.24) is 15.6 Å². The van der Waals surface area contributed by atoms with E-state index in [2.05, 4.69) is 71.9 Å². The first kappa shape index (κ1) is 18.5. The average molecular weight is 345 g/mol. The van der Waals surface area contributed by atoms with Gasteiger partial charge in [-0.2, -0.15) is 0 Å². The van der Waals surface area contributed by atoms with E-state index < -0.39 is 0 Å². The third kappa shape index (κ3) is 5.34. The Kier molecular flexibility index (Phi) is 6.79. The van der Waals surface area contributed by atoms with Crippen LogP contribution >= 0.6 is 11.3 Å². The number of aromatic nitrogens is 1. The lowest BCUT2D eigenvalue weighted by molar-refractivity contribution is 0.776. The third-order valence-electron chi connectivity index (χ3n) is 3.90. The van der Waals surface area contributed by atoms with E-state index in [-0.39, 0.29) is 0 Å². The maximum absolute atomic E-state index is 4.66. The van der Waals surface area contributed by atoms with Gasteiger partial charge in [0.2, 0.25) is 0 Å². The minimum atomic E-state index is 0.504. The first-order valence-electron chi connectivity index (χ1n) is 8.44. The number of hydrogen-bond donors (Lipinski definition) is 2. The Labute approximate surface area is 149 Å². The molecule has 0 aliphatic heterocycles. The molecule has 0 saturated heterocycles. The van der Waals surface area contributed by atoms with Crippen LogP contribution in [0.25, 0.3) is 0 Å². The third-order valence-corrected chi connectivity index (χ3v) is 5.10. The molecular weight excluding hydrogens is 316 g/mol. The monoisotopic (exact) mass is 344 g/mol. The molecule has 0 unspecified atom stereocenters. The van der Waals surface area contributed by atoms with Crippen molar-refractivity contribution >= 4 is 17.3 Å². The number of nitrogens with one attached hydrogen (secondary N) is 2. The summed E-state index contributed by atoms with van der Waals surface area (Å²) >= 11 is 1.75. The van der Waals surface area contributed by atoms with E-state index in [0.717, 1.165) is 31.2 Å². The van der Waals surface area contributed by atoms with Crippen LogP contribution in [0.1, 0.15) is 47.2 Å². The first-order chi connectivity index (χ1) is 11.5. The fraction of sp³-hybridized carbons (Fsp3) is 0.474. The van der Waals surface area contributed by atoms with Crippen LogP contribution in [-0.4, -0.2) is 24.5 Å². The molecule has 1 heterocycles. The molecular formula is C19H28N4S. The lowest BCUT2D eigenvalue weighted by Gasteiger charge is -2.13. The zero-order chi connectivity index (χ0) is 17.5. The van der Waals surface area contributed by atoms with Crippen molar-refractivity contribution in [1.29, 1.82) is 0 Å². The van der Waals surface area contributed by atoms with Crippen LogP contribution in [0.2, 0.25) is 0 Å². The molecule has 4 nitrogen and oxygen atoms in total. The van der Waals surface area contributed by atoms with Crippen LogP contribution in [0.5, 0.6) is 0 Å². The molecule has 2 N–H and O–H groups in total. The second-order valence-electron chi connectivity index (χ2n) is 6.36. The van der Waals surface area contributed by atoms with Crippen molar-refractivity contribution in [2.75, 3.05) is 13.6 Å². The van der Waals surface area contributed by atoms with Gasteiger partial charge in [-0.25, -0.2) is 4.98 Å². The smallest absolute Gasteiger partial charge is 0.191 e. The molecule has 130 valence electrons. The van der Waals surface area contributed by atoms with Crippen LogP contribution < -0.4 is 10.6 Å². The molecule has 0 bridgehead atoms. The van der Waals surface area contributed by atoms with Gasteiger partial charge < -0.3 is 10.6 Å². The highest BCUT2D eigenvalue weighted by molar-refractivity contribution is 7.09. The first-order valence-corrected chi connectivity index (χ1v) is 9.32. The molecule has 0 fully saturated rings. The van der Waals surface area contributed by atoms with Crippen molar-refractivity contribution in [2.45, 2.75) is 46.6 Å². The van der Waals surface area contributed by atoms with Gasteiger partial charge in [0.05, 0.1) is 10.7 Å². The van der Waals surface area contributed by atoms with Gasteiger partial charge in [-0.15, -0.1) is 11.3 Å². The molecule has 1 aromatic carbocycles. The quantitative estimate of drug-likeness (QED) is 0.619. The summed E-state index contributed by atoms with van der Waals surface area (Å²) in [4.78, 5) is 8.96. The van der Waals surface area contributed by atoms with E-state index in [0.29, 0.717) is 5.92 Å². The average Bonchev–Trinajstić information content (AvgIpc) is 3.01. The normalized spacial score (nSPS) is 11.8. The van der Waals surface area contributed by atoms with Gasteiger partial charge in [0.15, 0.2) is 5.96 Å². The molecule has 2 rings (SSSR count). The number of aryl methyl sites for hydroxylation is 2. The summed E-state index contributed by atoms with van der Waals surface area (Å²) in [6, 6.07) is 6.53. The minimum absolute atomic E-state index is 0.504. The minimum Gasteiger partial charge on any atom is -0.356 e. The van der Waals surface area contributed by atoms with E-state index >= 15 is 0 Å².